The van der Waals surface area contributed by atoms with Gasteiger partial charge in [0.05, 0.1) is 0 Å². The van der Waals surface area contributed by atoms with Crippen LogP contribution in [0, 0.1) is 0 Å². The van der Waals surface area contributed by atoms with Gasteiger partial charge in [0.25, 0.3) is 0 Å². The SMILES string of the molecule is c1ccc2c(c1)-c1cccc3c(-c4ccc(Nc5ccc(-c6ccc7c(ccc8ccccc87)c6)cc5)cc4)ccc-2c13. The third-order valence-electron chi connectivity index (χ3n) is 9.00. The first-order valence-corrected chi connectivity index (χ1v) is 14.9. The van der Waals surface area contributed by atoms with Gasteiger partial charge in [0, 0.05) is 11.4 Å². The molecule has 0 radical (unpaired) electrons. The maximum absolute atomic E-state index is 3.59. The summed E-state index contributed by atoms with van der Waals surface area (Å²) >= 11 is 0. The van der Waals surface area contributed by atoms with Gasteiger partial charge in [-0.25, -0.2) is 0 Å². The highest BCUT2D eigenvalue weighted by Gasteiger charge is 2.22. The Morgan fingerprint density at radius 2 is 0.860 bits per heavy atom. The largest absolute Gasteiger partial charge is 0.356 e. The van der Waals surface area contributed by atoms with Gasteiger partial charge in [-0.2, -0.15) is 0 Å². The molecule has 0 unspecified atom stereocenters. The van der Waals surface area contributed by atoms with Crippen molar-refractivity contribution in [3.63, 3.8) is 0 Å². The van der Waals surface area contributed by atoms with Crippen molar-refractivity contribution in [2.24, 2.45) is 0 Å². The summed E-state index contributed by atoms with van der Waals surface area (Å²) in [5.74, 6) is 0. The molecule has 9 rings (SSSR count). The number of fused-ring (bicyclic) bond motifs is 6. The number of benzene rings is 8. The molecule has 1 aliphatic rings. The fraction of sp³-hybridized carbons (Fsp3) is 0. The molecule has 0 saturated carbocycles. The summed E-state index contributed by atoms with van der Waals surface area (Å²) in [4.78, 5) is 0. The van der Waals surface area contributed by atoms with Crippen LogP contribution in [-0.4, -0.2) is 0 Å². The lowest BCUT2D eigenvalue weighted by molar-refractivity contribution is 1.54. The molecule has 1 N–H and O–H groups in total. The lowest BCUT2D eigenvalue weighted by Crippen LogP contribution is -1.91. The number of rotatable bonds is 4. The lowest BCUT2D eigenvalue weighted by atomic mass is 9.94. The smallest absolute Gasteiger partial charge is 0.0384 e. The fourth-order valence-corrected chi connectivity index (χ4v) is 6.90. The topological polar surface area (TPSA) is 12.0 Å². The highest BCUT2D eigenvalue weighted by Crippen LogP contribution is 2.49. The number of nitrogens with one attached hydrogen (secondary N) is 1. The van der Waals surface area contributed by atoms with E-state index < -0.39 is 0 Å². The molecule has 200 valence electrons. The van der Waals surface area contributed by atoms with Crippen LogP contribution in [-0.2, 0) is 0 Å². The van der Waals surface area contributed by atoms with Crippen LogP contribution in [0.25, 0.3) is 76.8 Å². The zero-order chi connectivity index (χ0) is 28.3. The summed E-state index contributed by atoms with van der Waals surface area (Å²) in [5.41, 5.74) is 12.4. The van der Waals surface area contributed by atoms with Gasteiger partial charge < -0.3 is 5.32 Å². The highest BCUT2D eigenvalue weighted by atomic mass is 14.9. The van der Waals surface area contributed by atoms with E-state index in [0.717, 1.165) is 11.4 Å². The normalized spacial score (nSPS) is 11.7. The van der Waals surface area contributed by atoms with E-state index in [0.29, 0.717) is 0 Å². The quantitative estimate of drug-likeness (QED) is 0.217. The summed E-state index contributed by atoms with van der Waals surface area (Å²) in [6, 6.07) is 57.3. The monoisotopic (exact) mass is 545 g/mol. The Bertz CT molecular complexity index is 2320. The van der Waals surface area contributed by atoms with Crippen LogP contribution in [0.2, 0.25) is 0 Å². The zero-order valence-corrected chi connectivity index (χ0v) is 23.5. The Morgan fingerprint density at radius 1 is 0.302 bits per heavy atom. The fourth-order valence-electron chi connectivity index (χ4n) is 6.90. The minimum absolute atomic E-state index is 1.08. The molecule has 0 amide bonds. The third-order valence-corrected chi connectivity index (χ3v) is 9.00. The molecule has 0 aliphatic heterocycles. The van der Waals surface area contributed by atoms with Crippen LogP contribution in [0.1, 0.15) is 0 Å². The van der Waals surface area contributed by atoms with Gasteiger partial charge in [-0.15, -0.1) is 0 Å². The van der Waals surface area contributed by atoms with Crippen LogP contribution >= 0.6 is 0 Å². The van der Waals surface area contributed by atoms with Crippen molar-refractivity contribution in [2.75, 3.05) is 5.32 Å². The summed E-state index contributed by atoms with van der Waals surface area (Å²) in [7, 11) is 0. The Morgan fingerprint density at radius 3 is 1.65 bits per heavy atom. The number of hydrogen-bond donors (Lipinski definition) is 1. The van der Waals surface area contributed by atoms with E-state index >= 15 is 0 Å². The second-order valence-electron chi connectivity index (χ2n) is 11.4. The summed E-state index contributed by atoms with van der Waals surface area (Å²) in [6.07, 6.45) is 0. The molecule has 0 spiro atoms. The molecule has 1 nitrogen and oxygen atoms in total. The van der Waals surface area contributed by atoms with Gasteiger partial charge in [-0.05, 0) is 107 Å². The first-order valence-electron chi connectivity index (χ1n) is 14.9. The van der Waals surface area contributed by atoms with Crippen molar-refractivity contribution in [2.45, 2.75) is 0 Å². The molecule has 8 aromatic carbocycles. The van der Waals surface area contributed by atoms with Crippen molar-refractivity contribution in [3.05, 3.63) is 158 Å². The standard InChI is InChI=1S/C42H27N/c1-2-7-34-28(6-1)12-13-31-26-30(18-23-36(31)34)27-14-19-32(20-15-27)43-33-21-16-29(17-22-33)35-24-25-41-38-9-4-3-8-37(38)40-11-5-10-39(35)42(40)41/h1-26,43H. The minimum Gasteiger partial charge on any atom is -0.356 e. The van der Waals surface area contributed by atoms with E-state index in [9.17, 15) is 0 Å². The van der Waals surface area contributed by atoms with Gasteiger partial charge in [0.15, 0.2) is 0 Å². The molecule has 0 saturated heterocycles. The van der Waals surface area contributed by atoms with Crippen LogP contribution < -0.4 is 5.32 Å². The van der Waals surface area contributed by atoms with Crippen molar-refractivity contribution < 1.29 is 0 Å². The molecule has 43 heavy (non-hydrogen) atoms. The van der Waals surface area contributed by atoms with Crippen molar-refractivity contribution in [3.8, 4) is 44.5 Å². The van der Waals surface area contributed by atoms with Gasteiger partial charge in [0.2, 0.25) is 0 Å². The maximum Gasteiger partial charge on any atom is 0.0384 e. The summed E-state index contributed by atoms with van der Waals surface area (Å²) < 4.78 is 0. The molecular weight excluding hydrogens is 518 g/mol. The van der Waals surface area contributed by atoms with Crippen LogP contribution in [0.4, 0.5) is 11.4 Å². The van der Waals surface area contributed by atoms with E-state index in [1.54, 1.807) is 0 Å². The van der Waals surface area contributed by atoms with E-state index in [1.807, 2.05) is 0 Å². The predicted octanol–water partition coefficient (Wildman–Crippen LogP) is 11.9. The first kappa shape index (κ1) is 24.0. The molecule has 0 fully saturated rings. The Kier molecular flexibility index (Phi) is 5.27. The van der Waals surface area contributed by atoms with Gasteiger partial charge in [-0.1, -0.05) is 127 Å². The molecule has 0 heterocycles. The average molecular weight is 546 g/mol. The molecule has 0 aromatic heterocycles. The first-order chi connectivity index (χ1) is 21.3. The number of hydrogen-bond acceptors (Lipinski definition) is 1. The summed E-state index contributed by atoms with van der Waals surface area (Å²) in [5, 5.41) is 11.4. The molecule has 0 atom stereocenters. The van der Waals surface area contributed by atoms with Gasteiger partial charge in [-0.3, -0.25) is 0 Å². The Hall–Kier alpha value is -5.66. The van der Waals surface area contributed by atoms with Crippen LogP contribution in [0.3, 0.4) is 0 Å². The van der Waals surface area contributed by atoms with E-state index in [4.69, 9.17) is 0 Å². The Labute approximate surface area is 250 Å². The average Bonchev–Trinajstić information content (AvgIpc) is 3.40. The molecular formula is C42H27N. The van der Waals surface area contributed by atoms with Crippen molar-refractivity contribution in [1.29, 1.82) is 0 Å². The molecule has 8 aromatic rings. The predicted molar refractivity (Wildman–Crippen MR) is 184 cm³/mol. The third kappa shape index (κ3) is 3.86. The zero-order valence-electron chi connectivity index (χ0n) is 23.5. The Balaban J connectivity index is 0.978. The summed E-state index contributed by atoms with van der Waals surface area (Å²) in [6.45, 7) is 0. The molecule has 1 aliphatic carbocycles. The van der Waals surface area contributed by atoms with Crippen molar-refractivity contribution in [1.82, 2.24) is 0 Å². The van der Waals surface area contributed by atoms with E-state index in [2.05, 4.69) is 163 Å². The second-order valence-corrected chi connectivity index (χ2v) is 11.4. The van der Waals surface area contributed by atoms with Crippen LogP contribution in [0.15, 0.2) is 158 Å². The van der Waals surface area contributed by atoms with Gasteiger partial charge in [0.1, 0.15) is 0 Å². The van der Waals surface area contributed by atoms with E-state index in [-0.39, 0.29) is 0 Å². The van der Waals surface area contributed by atoms with Crippen LogP contribution in [0.5, 0.6) is 0 Å². The van der Waals surface area contributed by atoms with Crippen molar-refractivity contribution >= 4 is 43.7 Å². The van der Waals surface area contributed by atoms with Gasteiger partial charge >= 0.3 is 0 Å². The minimum atomic E-state index is 1.08. The molecule has 0 bridgehead atoms. The maximum atomic E-state index is 3.59. The van der Waals surface area contributed by atoms with E-state index in [1.165, 1.54) is 76.8 Å². The lowest BCUT2D eigenvalue weighted by Gasteiger charge is -2.12. The molecule has 1 heteroatoms. The second kappa shape index (κ2) is 9.44. The highest BCUT2D eigenvalue weighted by molar-refractivity contribution is 6.18. The number of anilines is 2.